The van der Waals surface area contributed by atoms with E-state index in [1.165, 1.54) is 12.8 Å². The molecule has 0 radical (unpaired) electrons. The van der Waals surface area contributed by atoms with Crippen molar-refractivity contribution >= 4 is 5.91 Å². The van der Waals surface area contributed by atoms with Crippen molar-refractivity contribution in [2.75, 3.05) is 13.1 Å². The van der Waals surface area contributed by atoms with Gasteiger partial charge in [-0.2, -0.15) is 0 Å². The zero-order valence-corrected chi connectivity index (χ0v) is 8.62. The van der Waals surface area contributed by atoms with Crippen LogP contribution in [0.2, 0.25) is 0 Å². The highest BCUT2D eigenvalue weighted by molar-refractivity contribution is 5.76. The van der Waals surface area contributed by atoms with Gasteiger partial charge in [-0.25, -0.2) is 0 Å². The van der Waals surface area contributed by atoms with Crippen molar-refractivity contribution in [3.8, 4) is 0 Å². The molecular weight excluding hydrogens is 164 g/mol. The van der Waals surface area contributed by atoms with E-state index in [0.29, 0.717) is 12.3 Å². The van der Waals surface area contributed by atoms with Crippen LogP contribution in [-0.2, 0) is 4.79 Å². The zero-order valence-electron chi connectivity index (χ0n) is 8.62. The minimum absolute atomic E-state index is 0.105. The minimum atomic E-state index is 0.105. The van der Waals surface area contributed by atoms with E-state index in [1.54, 1.807) is 0 Å². The second-order valence-corrected chi connectivity index (χ2v) is 3.77. The van der Waals surface area contributed by atoms with E-state index in [0.717, 1.165) is 13.1 Å². The van der Waals surface area contributed by atoms with Crippen molar-refractivity contribution in [1.82, 2.24) is 4.90 Å². The maximum atomic E-state index is 11.6. The normalized spacial score (nSPS) is 18.4. The van der Waals surface area contributed by atoms with Crippen LogP contribution in [0.5, 0.6) is 0 Å². The van der Waals surface area contributed by atoms with Gasteiger partial charge < -0.3 is 10.6 Å². The van der Waals surface area contributed by atoms with E-state index in [1.807, 2.05) is 18.7 Å². The van der Waals surface area contributed by atoms with Crippen molar-refractivity contribution in [2.24, 2.45) is 11.7 Å². The second kappa shape index (κ2) is 4.61. The zero-order chi connectivity index (χ0) is 9.84. The van der Waals surface area contributed by atoms with Gasteiger partial charge in [0.25, 0.3) is 0 Å². The maximum Gasteiger partial charge on any atom is 0.224 e. The number of nitrogens with zero attached hydrogens (tertiary/aromatic N) is 1. The Labute approximate surface area is 80.3 Å². The van der Waals surface area contributed by atoms with Crippen molar-refractivity contribution in [1.29, 1.82) is 0 Å². The van der Waals surface area contributed by atoms with Gasteiger partial charge in [0.2, 0.25) is 5.91 Å². The van der Waals surface area contributed by atoms with Crippen LogP contribution in [0, 0.1) is 5.92 Å². The van der Waals surface area contributed by atoms with E-state index in [9.17, 15) is 4.79 Å². The number of carbonyl (C=O) groups excluding carboxylic acids is 1. The monoisotopic (exact) mass is 184 g/mol. The first-order valence-electron chi connectivity index (χ1n) is 5.22. The Bertz CT molecular complexity index is 174. The fourth-order valence-electron chi connectivity index (χ4n) is 1.60. The molecule has 13 heavy (non-hydrogen) atoms. The molecule has 0 aromatic heterocycles. The van der Waals surface area contributed by atoms with Crippen molar-refractivity contribution in [3.63, 3.8) is 0 Å². The number of amides is 1. The molecule has 76 valence electrons. The first kappa shape index (κ1) is 10.5. The molecule has 3 nitrogen and oxygen atoms in total. The molecule has 0 aromatic rings. The average molecular weight is 184 g/mol. The number of rotatable bonds is 5. The van der Waals surface area contributed by atoms with Gasteiger partial charge in [0.1, 0.15) is 0 Å². The maximum absolute atomic E-state index is 11.6. The highest BCUT2D eigenvalue weighted by Crippen LogP contribution is 2.32. The molecule has 0 heterocycles. The largest absolute Gasteiger partial charge is 0.343 e. The Hall–Kier alpha value is -0.570. The third-order valence-corrected chi connectivity index (χ3v) is 2.75. The van der Waals surface area contributed by atoms with Gasteiger partial charge in [-0.15, -0.1) is 0 Å². The van der Waals surface area contributed by atoms with Crippen molar-refractivity contribution < 1.29 is 4.79 Å². The van der Waals surface area contributed by atoms with Crippen LogP contribution in [-0.4, -0.2) is 29.9 Å². The van der Waals surface area contributed by atoms with Gasteiger partial charge in [-0.3, -0.25) is 4.79 Å². The molecule has 0 bridgehead atoms. The summed E-state index contributed by atoms with van der Waals surface area (Å²) in [4.78, 5) is 13.4. The summed E-state index contributed by atoms with van der Waals surface area (Å²) in [6, 6.07) is 0.105. The topological polar surface area (TPSA) is 46.3 Å². The molecule has 0 saturated heterocycles. The van der Waals surface area contributed by atoms with Crippen LogP contribution >= 0.6 is 0 Å². The summed E-state index contributed by atoms with van der Waals surface area (Å²) in [6.45, 7) is 5.60. The predicted molar refractivity (Wildman–Crippen MR) is 53.2 cm³/mol. The third kappa shape index (κ3) is 2.99. The standard InChI is InChI=1S/C10H20N2O/c1-3-12(4-2)10(13)7-9(11)8-5-6-8/h8-9H,3-7,11H2,1-2H3. The Morgan fingerprint density at radius 2 is 2.00 bits per heavy atom. The molecule has 2 N–H and O–H groups in total. The van der Waals surface area contributed by atoms with E-state index >= 15 is 0 Å². The summed E-state index contributed by atoms with van der Waals surface area (Å²) in [6.07, 6.45) is 2.96. The number of nitrogens with two attached hydrogens (primary N) is 1. The van der Waals surface area contributed by atoms with Crippen molar-refractivity contribution in [3.05, 3.63) is 0 Å². The summed E-state index contributed by atoms with van der Waals surface area (Å²) in [7, 11) is 0. The van der Waals surface area contributed by atoms with Gasteiger partial charge >= 0.3 is 0 Å². The van der Waals surface area contributed by atoms with Crippen LogP contribution in [0.3, 0.4) is 0 Å². The summed E-state index contributed by atoms with van der Waals surface area (Å²) < 4.78 is 0. The first-order chi connectivity index (χ1) is 6.19. The molecule has 0 spiro atoms. The number of hydrogen-bond donors (Lipinski definition) is 1. The van der Waals surface area contributed by atoms with E-state index < -0.39 is 0 Å². The van der Waals surface area contributed by atoms with Crippen LogP contribution < -0.4 is 5.73 Å². The Kier molecular flexibility index (Phi) is 3.72. The molecule has 1 atom stereocenters. The van der Waals surface area contributed by atoms with E-state index in [2.05, 4.69) is 0 Å². The lowest BCUT2D eigenvalue weighted by molar-refractivity contribution is -0.131. The fraction of sp³-hybridized carbons (Fsp3) is 0.900. The Morgan fingerprint density at radius 1 is 1.46 bits per heavy atom. The molecule has 1 aliphatic rings. The van der Waals surface area contributed by atoms with Gasteiger partial charge in [0.15, 0.2) is 0 Å². The number of carbonyl (C=O) groups is 1. The second-order valence-electron chi connectivity index (χ2n) is 3.77. The molecule has 1 fully saturated rings. The Morgan fingerprint density at radius 3 is 2.38 bits per heavy atom. The summed E-state index contributed by atoms with van der Waals surface area (Å²) in [5, 5.41) is 0. The molecule has 1 saturated carbocycles. The van der Waals surface area contributed by atoms with Crippen LogP contribution in [0.1, 0.15) is 33.1 Å². The highest BCUT2D eigenvalue weighted by atomic mass is 16.2. The summed E-state index contributed by atoms with van der Waals surface area (Å²) >= 11 is 0. The van der Waals surface area contributed by atoms with E-state index in [4.69, 9.17) is 5.73 Å². The van der Waals surface area contributed by atoms with Gasteiger partial charge in [0.05, 0.1) is 0 Å². The molecule has 1 aliphatic carbocycles. The molecular formula is C10H20N2O. The smallest absolute Gasteiger partial charge is 0.224 e. The minimum Gasteiger partial charge on any atom is -0.343 e. The molecule has 0 aliphatic heterocycles. The summed E-state index contributed by atoms with van der Waals surface area (Å²) in [5.74, 6) is 0.837. The van der Waals surface area contributed by atoms with Crippen LogP contribution in [0.15, 0.2) is 0 Å². The highest BCUT2D eigenvalue weighted by Gasteiger charge is 2.30. The predicted octanol–water partition coefficient (Wildman–Crippen LogP) is 0.982. The van der Waals surface area contributed by atoms with Gasteiger partial charge in [-0.05, 0) is 32.6 Å². The molecule has 1 unspecified atom stereocenters. The van der Waals surface area contributed by atoms with Gasteiger partial charge in [0, 0.05) is 25.6 Å². The van der Waals surface area contributed by atoms with Crippen LogP contribution in [0.25, 0.3) is 0 Å². The SMILES string of the molecule is CCN(CC)C(=O)CC(N)C1CC1. The van der Waals surface area contributed by atoms with Crippen molar-refractivity contribution in [2.45, 2.75) is 39.2 Å². The summed E-state index contributed by atoms with van der Waals surface area (Å²) in [5.41, 5.74) is 5.88. The quantitative estimate of drug-likeness (QED) is 0.692. The molecule has 1 rings (SSSR count). The Balaban J connectivity index is 2.29. The van der Waals surface area contributed by atoms with E-state index in [-0.39, 0.29) is 11.9 Å². The molecule has 0 aromatic carbocycles. The lowest BCUT2D eigenvalue weighted by Crippen LogP contribution is -2.36. The average Bonchev–Trinajstić information content (AvgIpc) is 2.88. The molecule has 1 amide bonds. The third-order valence-electron chi connectivity index (χ3n) is 2.75. The fourth-order valence-corrected chi connectivity index (χ4v) is 1.60. The number of hydrogen-bond acceptors (Lipinski definition) is 2. The van der Waals surface area contributed by atoms with Crippen LogP contribution in [0.4, 0.5) is 0 Å². The molecule has 3 heteroatoms. The first-order valence-corrected chi connectivity index (χ1v) is 5.22. The lowest BCUT2D eigenvalue weighted by atomic mass is 10.1. The van der Waals surface area contributed by atoms with Gasteiger partial charge in [-0.1, -0.05) is 0 Å². The lowest BCUT2D eigenvalue weighted by Gasteiger charge is -2.20.